The van der Waals surface area contributed by atoms with E-state index in [2.05, 4.69) is 12.2 Å². The third kappa shape index (κ3) is 4.57. The summed E-state index contributed by atoms with van der Waals surface area (Å²) in [6.07, 6.45) is 3.69. The van der Waals surface area contributed by atoms with Gasteiger partial charge in [-0.25, -0.2) is 8.42 Å². The second-order valence-electron chi connectivity index (χ2n) is 6.09. The van der Waals surface area contributed by atoms with Crippen LogP contribution in [0.2, 0.25) is 0 Å². The lowest BCUT2D eigenvalue weighted by molar-refractivity contribution is -0.134. The first kappa shape index (κ1) is 18.7. The number of hydrogen-bond acceptors (Lipinski definition) is 4. The Bertz CT molecular complexity index is 449. The van der Waals surface area contributed by atoms with Crippen LogP contribution in [0.4, 0.5) is 0 Å². The van der Waals surface area contributed by atoms with Crippen LogP contribution < -0.4 is 5.32 Å². The Morgan fingerprint density at radius 1 is 1.24 bits per heavy atom. The van der Waals surface area contributed by atoms with Gasteiger partial charge < -0.3 is 10.2 Å². The number of piperazine rings is 1. The number of nitrogens with one attached hydrogen (secondary N) is 1. The van der Waals surface area contributed by atoms with Crippen LogP contribution in [0.5, 0.6) is 0 Å². The molecule has 1 saturated heterocycles. The molecule has 5 nitrogen and oxygen atoms in total. The van der Waals surface area contributed by atoms with Crippen molar-refractivity contribution in [2.75, 3.05) is 18.8 Å². The van der Waals surface area contributed by atoms with E-state index >= 15 is 0 Å². The molecular formula is C14H27ClN2O3S. The molecule has 0 spiro atoms. The fraction of sp³-hybridized carbons (Fsp3) is 0.929. The van der Waals surface area contributed by atoms with Gasteiger partial charge in [-0.1, -0.05) is 12.8 Å². The topological polar surface area (TPSA) is 66.5 Å². The highest BCUT2D eigenvalue weighted by molar-refractivity contribution is 7.92. The van der Waals surface area contributed by atoms with Crippen LogP contribution in [-0.2, 0) is 14.6 Å². The number of nitrogens with zero attached hydrogens (tertiary/aromatic N) is 1. The highest BCUT2D eigenvalue weighted by atomic mass is 35.5. The molecule has 21 heavy (non-hydrogen) atoms. The van der Waals surface area contributed by atoms with E-state index in [0.29, 0.717) is 6.54 Å². The first-order valence-corrected chi connectivity index (χ1v) is 9.38. The van der Waals surface area contributed by atoms with Crippen molar-refractivity contribution in [2.45, 2.75) is 63.3 Å². The average molecular weight is 339 g/mol. The van der Waals surface area contributed by atoms with E-state index in [4.69, 9.17) is 0 Å². The summed E-state index contributed by atoms with van der Waals surface area (Å²) in [7, 11) is -3.09. The number of sulfone groups is 1. The van der Waals surface area contributed by atoms with Gasteiger partial charge in [-0.05, 0) is 26.7 Å². The van der Waals surface area contributed by atoms with Gasteiger partial charge >= 0.3 is 0 Å². The van der Waals surface area contributed by atoms with Gasteiger partial charge in [0.15, 0.2) is 9.84 Å². The Hall–Kier alpha value is -0.330. The van der Waals surface area contributed by atoms with Crippen molar-refractivity contribution in [1.29, 1.82) is 0 Å². The summed E-state index contributed by atoms with van der Waals surface area (Å²) in [5.41, 5.74) is 0. The lowest BCUT2D eigenvalue weighted by atomic mass is 10.1. The molecule has 0 aromatic rings. The zero-order valence-corrected chi connectivity index (χ0v) is 14.5. The summed E-state index contributed by atoms with van der Waals surface area (Å²) in [4.78, 5) is 14.1. The lowest BCUT2D eigenvalue weighted by Crippen LogP contribution is -2.57. The summed E-state index contributed by atoms with van der Waals surface area (Å²) in [6, 6.07) is 0.393. The first-order valence-electron chi connectivity index (χ1n) is 7.66. The maximum Gasteiger partial charge on any atom is 0.223 e. The fourth-order valence-electron chi connectivity index (χ4n) is 3.20. The number of carbonyl (C=O) groups is 1. The molecule has 1 saturated carbocycles. The molecule has 0 radical (unpaired) electrons. The van der Waals surface area contributed by atoms with Gasteiger partial charge in [0.25, 0.3) is 0 Å². The minimum Gasteiger partial charge on any atom is -0.337 e. The molecule has 0 aromatic carbocycles. The molecule has 2 aliphatic rings. The van der Waals surface area contributed by atoms with E-state index < -0.39 is 9.84 Å². The molecule has 1 N–H and O–H groups in total. The maximum absolute atomic E-state index is 12.2. The predicted molar refractivity (Wildman–Crippen MR) is 86.5 cm³/mol. The Labute approximate surface area is 134 Å². The molecule has 0 aromatic heterocycles. The zero-order valence-electron chi connectivity index (χ0n) is 12.9. The van der Waals surface area contributed by atoms with Crippen molar-refractivity contribution in [3.05, 3.63) is 0 Å². The van der Waals surface area contributed by atoms with Crippen LogP contribution in [0, 0.1) is 0 Å². The molecule has 2 rings (SSSR count). The largest absolute Gasteiger partial charge is 0.337 e. The van der Waals surface area contributed by atoms with Crippen LogP contribution >= 0.6 is 12.4 Å². The van der Waals surface area contributed by atoms with E-state index in [-0.39, 0.29) is 47.8 Å². The zero-order chi connectivity index (χ0) is 14.8. The van der Waals surface area contributed by atoms with Gasteiger partial charge in [0.1, 0.15) is 0 Å². The predicted octanol–water partition coefficient (Wildman–Crippen LogP) is 1.36. The second kappa shape index (κ2) is 7.79. The number of halogens is 1. The van der Waals surface area contributed by atoms with Crippen molar-refractivity contribution >= 4 is 28.2 Å². The third-order valence-electron chi connectivity index (χ3n) is 4.77. The summed E-state index contributed by atoms with van der Waals surface area (Å²) in [6.45, 7) is 5.53. The van der Waals surface area contributed by atoms with E-state index in [0.717, 1.165) is 32.2 Å². The highest BCUT2D eigenvalue weighted by Gasteiger charge is 2.32. The molecule has 1 amide bonds. The average Bonchev–Trinajstić information content (AvgIpc) is 2.94. The van der Waals surface area contributed by atoms with Crippen LogP contribution in [0.25, 0.3) is 0 Å². The van der Waals surface area contributed by atoms with Gasteiger partial charge in [-0.3, -0.25) is 4.79 Å². The summed E-state index contributed by atoms with van der Waals surface area (Å²) < 4.78 is 24.4. The van der Waals surface area contributed by atoms with E-state index in [9.17, 15) is 13.2 Å². The smallest absolute Gasteiger partial charge is 0.223 e. The molecule has 1 aliphatic carbocycles. The molecule has 2 unspecified atom stereocenters. The van der Waals surface area contributed by atoms with Gasteiger partial charge in [-0.2, -0.15) is 0 Å². The quantitative estimate of drug-likeness (QED) is 0.840. The van der Waals surface area contributed by atoms with Gasteiger partial charge in [-0.15, -0.1) is 12.4 Å². The van der Waals surface area contributed by atoms with Crippen molar-refractivity contribution in [3.8, 4) is 0 Å². The maximum atomic E-state index is 12.2. The Morgan fingerprint density at radius 3 is 2.48 bits per heavy atom. The molecule has 7 heteroatoms. The van der Waals surface area contributed by atoms with Gasteiger partial charge in [0, 0.05) is 31.6 Å². The minimum absolute atomic E-state index is 0. The van der Waals surface area contributed by atoms with Crippen LogP contribution in [-0.4, -0.2) is 55.4 Å². The number of carbonyl (C=O) groups excluding carboxylic acids is 1. The van der Waals surface area contributed by atoms with Gasteiger partial charge in [0.2, 0.25) is 5.91 Å². The first-order chi connectivity index (χ1) is 9.42. The second-order valence-corrected chi connectivity index (χ2v) is 8.49. The normalized spacial score (nSPS) is 27.4. The number of rotatable bonds is 4. The molecule has 124 valence electrons. The Balaban J connectivity index is 0.00000220. The molecule has 0 bridgehead atoms. The molecule has 2 fully saturated rings. The van der Waals surface area contributed by atoms with Crippen molar-refractivity contribution in [3.63, 3.8) is 0 Å². The van der Waals surface area contributed by atoms with E-state index in [1.807, 2.05) is 11.8 Å². The Morgan fingerprint density at radius 2 is 1.86 bits per heavy atom. The van der Waals surface area contributed by atoms with Crippen LogP contribution in [0.15, 0.2) is 0 Å². The molecule has 1 aliphatic heterocycles. The summed E-state index contributed by atoms with van der Waals surface area (Å²) in [5, 5.41) is 3.12. The Kier molecular flexibility index (Phi) is 6.94. The number of hydrogen-bond donors (Lipinski definition) is 1. The van der Waals surface area contributed by atoms with E-state index in [1.165, 1.54) is 0 Å². The van der Waals surface area contributed by atoms with E-state index in [1.54, 1.807) is 0 Å². The fourth-order valence-corrected chi connectivity index (χ4v) is 5.04. The SMILES string of the molecule is CC1NCCN(C(=O)CCS(=O)(=O)C2CCCC2)C1C.Cl. The third-order valence-corrected chi connectivity index (χ3v) is 7.03. The molecular weight excluding hydrogens is 312 g/mol. The lowest BCUT2D eigenvalue weighted by Gasteiger charge is -2.38. The number of amides is 1. The molecule has 1 heterocycles. The summed E-state index contributed by atoms with van der Waals surface area (Å²) >= 11 is 0. The van der Waals surface area contributed by atoms with Gasteiger partial charge in [0.05, 0.1) is 11.0 Å². The van der Waals surface area contributed by atoms with Crippen LogP contribution in [0.3, 0.4) is 0 Å². The highest BCUT2D eigenvalue weighted by Crippen LogP contribution is 2.25. The molecule has 2 atom stereocenters. The van der Waals surface area contributed by atoms with Crippen molar-refractivity contribution in [1.82, 2.24) is 10.2 Å². The van der Waals surface area contributed by atoms with Crippen molar-refractivity contribution < 1.29 is 13.2 Å². The monoisotopic (exact) mass is 338 g/mol. The van der Waals surface area contributed by atoms with Crippen LogP contribution in [0.1, 0.15) is 46.0 Å². The minimum atomic E-state index is -3.09. The summed E-state index contributed by atoms with van der Waals surface area (Å²) in [5.74, 6) is -0.00550. The van der Waals surface area contributed by atoms with Crippen molar-refractivity contribution in [2.24, 2.45) is 0 Å². The standard InChI is InChI=1S/C14H26N2O3S.ClH/c1-11-12(2)16(9-8-15-11)14(17)7-10-20(18,19)13-5-3-4-6-13;/h11-13,15H,3-10H2,1-2H3;1H.